The molecule has 21 heavy (non-hydrogen) atoms. The minimum Gasteiger partial charge on any atom is -0.280 e. The second-order valence-corrected chi connectivity index (χ2v) is 7.03. The first-order valence-corrected chi connectivity index (χ1v) is 8.60. The fourth-order valence-electron chi connectivity index (χ4n) is 2.05. The number of rotatable bonds is 5. The van der Waals surface area contributed by atoms with Crippen LogP contribution in [0, 0.1) is 6.92 Å². The summed E-state index contributed by atoms with van der Waals surface area (Å²) in [5, 5.41) is 0. The molecule has 0 unspecified atom stereocenters. The predicted octanol–water partition coefficient (Wildman–Crippen LogP) is 4.31. The quantitative estimate of drug-likeness (QED) is 0.894. The van der Waals surface area contributed by atoms with Crippen molar-refractivity contribution in [3.63, 3.8) is 0 Å². The average Bonchev–Trinajstić information content (AvgIpc) is 2.47. The number of nitrogens with one attached hydrogen (secondary N) is 1. The van der Waals surface area contributed by atoms with Gasteiger partial charge in [-0.2, -0.15) is 0 Å². The van der Waals surface area contributed by atoms with Gasteiger partial charge in [0.2, 0.25) is 0 Å². The Bertz CT molecular complexity index is 689. The highest BCUT2D eigenvalue weighted by Gasteiger charge is 2.13. The van der Waals surface area contributed by atoms with Crippen LogP contribution in [-0.2, 0) is 10.0 Å². The number of aryl methyl sites for hydroxylation is 1. The van der Waals surface area contributed by atoms with Crippen LogP contribution >= 0.6 is 0 Å². The van der Waals surface area contributed by atoms with Gasteiger partial charge in [-0.1, -0.05) is 43.7 Å². The molecule has 0 amide bonds. The molecule has 2 aromatic rings. The average molecular weight is 303 g/mol. The summed E-state index contributed by atoms with van der Waals surface area (Å²) < 4.78 is 27.2. The summed E-state index contributed by atoms with van der Waals surface area (Å²) in [6.07, 6.45) is 1.06. The van der Waals surface area contributed by atoms with Crippen LogP contribution in [0.4, 0.5) is 5.69 Å². The third kappa shape index (κ3) is 3.85. The summed E-state index contributed by atoms with van der Waals surface area (Å²) in [5.74, 6) is 0.479. The van der Waals surface area contributed by atoms with E-state index in [-0.39, 0.29) is 4.90 Å². The van der Waals surface area contributed by atoms with E-state index in [0.717, 1.165) is 12.0 Å². The zero-order chi connectivity index (χ0) is 15.5. The van der Waals surface area contributed by atoms with Gasteiger partial charge in [-0.15, -0.1) is 0 Å². The maximum absolute atomic E-state index is 12.3. The van der Waals surface area contributed by atoms with Crippen LogP contribution in [-0.4, -0.2) is 8.42 Å². The zero-order valence-corrected chi connectivity index (χ0v) is 13.4. The molecule has 0 saturated heterocycles. The maximum Gasteiger partial charge on any atom is 0.261 e. The van der Waals surface area contributed by atoms with Crippen molar-refractivity contribution in [3.8, 4) is 0 Å². The van der Waals surface area contributed by atoms with Gasteiger partial charge in [0.1, 0.15) is 0 Å². The van der Waals surface area contributed by atoms with Gasteiger partial charge in [-0.05, 0) is 49.1 Å². The van der Waals surface area contributed by atoms with Crippen molar-refractivity contribution in [1.82, 2.24) is 0 Å². The molecule has 0 aliphatic rings. The van der Waals surface area contributed by atoms with Crippen LogP contribution in [0.25, 0.3) is 0 Å². The molecule has 0 aliphatic carbocycles. The van der Waals surface area contributed by atoms with Gasteiger partial charge in [0.05, 0.1) is 4.90 Å². The van der Waals surface area contributed by atoms with Crippen LogP contribution in [0.3, 0.4) is 0 Å². The minimum absolute atomic E-state index is 0.277. The van der Waals surface area contributed by atoms with E-state index in [1.54, 1.807) is 24.3 Å². The van der Waals surface area contributed by atoms with Gasteiger partial charge >= 0.3 is 0 Å². The molecule has 0 aromatic heterocycles. The predicted molar refractivity (Wildman–Crippen MR) is 87.1 cm³/mol. The Labute approximate surface area is 127 Å². The van der Waals surface area contributed by atoms with Gasteiger partial charge < -0.3 is 0 Å². The molecule has 1 atom stereocenters. The smallest absolute Gasteiger partial charge is 0.261 e. The first-order chi connectivity index (χ1) is 9.92. The Morgan fingerprint density at radius 1 is 1.00 bits per heavy atom. The molecule has 0 heterocycles. The second-order valence-electron chi connectivity index (χ2n) is 5.35. The lowest BCUT2D eigenvalue weighted by atomic mass is 9.99. The van der Waals surface area contributed by atoms with E-state index in [4.69, 9.17) is 0 Å². The van der Waals surface area contributed by atoms with Crippen molar-refractivity contribution in [3.05, 3.63) is 59.7 Å². The lowest BCUT2D eigenvalue weighted by molar-refractivity contribution is 0.601. The molecule has 0 fully saturated rings. The van der Waals surface area contributed by atoms with Crippen LogP contribution in [0.1, 0.15) is 37.3 Å². The van der Waals surface area contributed by atoms with Gasteiger partial charge in [0.25, 0.3) is 10.0 Å². The third-order valence-electron chi connectivity index (χ3n) is 3.68. The molecule has 2 rings (SSSR count). The van der Waals surface area contributed by atoms with Gasteiger partial charge in [0, 0.05) is 5.69 Å². The monoisotopic (exact) mass is 303 g/mol. The van der Waals surface area contributed by atoms with Crippen LogP contribution in [0.2, 0.25) is 0 Å². The van der Waals surface area contributed by atoms with Crippen molar-refractivity contribution in [2.75, 3.05) is 4.72 Å². The highest BCUT2D eigenvalue weighted by molar-refractivity contribution is 7.92. The number of benzene rings is 2. The van der Waals surface area contributed by atoms with E-state index < -0.39 is 10.0 Å². The Morgan fingerprint density at radius 3 is 2.10 bits per heavy atom. The van der Waals surface area contributed by atoms with Crippen LogP contribution in [0.5, 0.6) is 0 Å². The molecule has 4 heteroatoms. The van der Waals surface area contributed by atoms with E-state index in [2.05, 4.69) is 18.6 Å². The number of hydrogen-bond donors (Lipinski definition) is 1. The molecule has 2 aromatic carbocycles. The number of anilines is 1. The molecule has 0 bridgehead atoms. The molecule has 0 aliphatic heterocycles. The molecule has 3 nitrogen and oxygen atoms in total. The fourth-order valence-corrected chi connectivity index (χ4v) is 3.11. The second kappa shape index (κ2) is 6.31. The Morgan fingerprint density at radius 2 is 1.57 bits per heavy atom. The molecule has 112 valence electrons. The molecular formula is C17H21NO2S. The summed E-state index contributed by atoms with van der Waals surface area (Å²) in [7, 11) is -3.52. The van der Waals surface area contributed by atoms with Crippen LogP contribution in [0.15, 0.2) is 53.4 Å². The third-order valence-corrected chi connectivity index (χ3v) is 5.07. The normalized spacial score (nSPS) is 12.9. The Balaban J connectivity index is 2.19. The van der Waals surface area contributed by atoms with Crippen molar-refractivity contribution < 1.29 is 8.42 Å². The minimum atomic E-state index is -3.52. The standard InChI is InChI=1S/C17H21NO2S/c1-4-14(3)15-7-9-16(10-8-15)18-21(19,20)17-11-5-13(2)6-12-17/h5-12,14,18H,4H2,1-3H3/t14-/m0/s1. The maximum atomic E-state index is 12.3. The summed E-state index contributed by atoms with van der Waals surface area (Å²) >= 11 is 0. The van der Waals surface area contributed by atoms with Crippen molar-refractivity contribution in [1.29, 1.82) is 0 Å². The lowest BCUT2D eigenvalue weighted by Gasteiger charge is -2.11. The first kappa shape index (κ1) is 15.6. The van der Waals surface area contributed by atoms with Crippen molar-refractivity contribution >= 4 is 15.7 Å². The molecule has 0 spiro atoms. The van der Waals surface area contributed by atoms with Gasteiger partial charge in [-0.3, -0.25) is 4.72 Å². The molecule has 1 N–H and O–H groups in total. The molecule has 0 radical (unpaired) electrons. The largest absolute Gasteiger partial charge is 0.280 e. The Kier molecular flexibility index (Phi) is 4.68. The van der Waals surface area contributed by atoms with E-state index >= 15 is 0 Å². The van der Waals surface area contributed by atoms with Crippen LogP contribution < -0.4 is 4.72 Å². The summed E-state index contributed by atoms with van der Waals surface area (Å²) in [6, 6.07) is 14.4. The first-order valence-electron chi connectivity index (χ1n) is 7.12. The zero-order valence-electron chi connectivity index (χ0n) is 12.6. The fraction of sp³-hybridized carbons (Fsp3) is 0.294. The van der Waals surface area contributed by atoms with Gasteiger partial charge in [0.15, 0.2) is 0 Å². The van der Waals surface area contributed by atoms with Crippen molar-refractivity contribution in [2.24, 2.45) is 0 Å². The molecular weight excluding hydrogens is 282 g/mol. The van der Waals surface area contributed by atoms with Gasteiger partial charge in [-0.25, -0.2) is 8.42 Å². The number of hydrogen-bond acceptors (Lipinski definition) is 2. The SMILES string of the molecule is CC[C@H](C)c1ccc(NS(=O)(=O)c2ccc(C)cc2)cc1. The van der Waals surface area contributed by atoms with E-state index in [9.17, 15) is 8.42 Å². The highest BCUT2D eigenvalue weighted by atomic mass is 32.2. The summed E-state index contributed by atoms with van der Waals surface area (Å²) in [6.45, 7) is 6.22. The van der Waals surface area contributed by atoms with Crippen molar-refractivity contribution in [2.45, 2.75) is 38.0 Å². The van der Waals surface area contributed by atoms with E-state index in [1.165, 1.54) is 5.56 Å². The topological polar surface area (TPSA) is 46.2 Å². The lowest BCUT2D eigenvalue weighted by Crippen LogP contribution is -2.12. The van der Waals surface area contributed by atoms with E-state index in [0.29, 0.717) is 11.6 Å². The van der Waals surface area contributed by atoms with E-state index in [1.807, 2.05) is 31.2 Å². The molecule has 0 saturated carbocycles. The highest BCUT2D eigenvalue weighted by Crippen LogP contribution is 2.22. The summed E-state index contributed by atoms with van der Waals surface area (Å²) in [5.41, 5.74) is 2.84. The Hall–Kier alpha value is -1.81. The number of sulfonamides is 1. The summed E-state index contributed by atoms with van der Waals surface area (Å²) in [4.78, 5) is 0.277.